The Balaban J connectivity index is 2.08. The van der Waals surface area contributed by atoms with Crippen LogP contribution in [0.4, 0.5) is 5.69 Å². The average molecular weight is 289 g/mol. The molecule has 21 heavy (non-hydrogen) atoms. The van der Waals surface area contributed by atoms with Gasteiger partial charge in [0.1, 0.15) is 0 Å². The number of anilines is 1. The number of carbonyl (C=O) groups excluding carboxylic acids is 1. The third-order valence-electron chi connectivity index (χ3n) is 3.49. The van der Waals surface area contributed by atoms with Crippen molar-refractivity contribution in [3.8, 4) is 0 Å². The molecule has 1 aromatic carbocycles. The molecule has 1 aromatic rings. The van der Waals surface area contributed by atoms with E-state index in [0.29, 0.717) is 18.5 Å². The zero-order valence-corrected chi connectivity index (χ0v) is 11.2. The van der Waals surface area contributed by atoms with Crippen molar-refractivity contribution >= 4 is 23.5 Å². The van der Waals surface area contributed by atoms with Crippen LogP contribution >= 0.6 is 0 Å². The molecule has 0 saturated heterocycles. The normalized spacial score (nSPS) is 20.8. The number of hydrogen-bond donors (Lipinski definition) is 3. The molecule has 1 amide bonds. The van der Waals surface area contributed by atoms with Gasteiger partial charge in [0, 0.05) is 5.69 Å². The van der Waals surface area contributed by atoms with Gasteiger partial charge in [-0.2, -0.15) is 0 Å². The summed E-state index contributed by atoms with van der Waals surface area (Å²) in [5, 5.41) is 20.6. The largest absolute Gasteiger partial charge is 0.481 e. The van der Waals surface area contributed by atoms with Crippen LogP contribution in [0.3, 0.4) is 0 Å². The van der Waals surface area contributed by atoms with E-state index in [-0.39, 0.29) is 11.5 Å². The van der Waals surface area contributed by atoms with E-state index < -0.39 is 23.8 Å². The smallest absolute Gasteiger partial charge is 0.335 e. The maximum atomic E-state index is 12.2. The molecule has 0 radical (unpaired) electrons. The van der Waals surface area contributed by atoms with Gasteiger partial charge in [0.05, 0.1) is 17.4 Å². The first-order valence-corrected chi connectivity index (χ1v) is 6.51. The lowest BCUT2D eigenvalue weighted by atomic mass is 9.82. The third-order valence-corrected chi connectivity index (χ3v) is 3.49. The molecule has 6 heteroatoms. The number of hydrogen-bond acceptors (Lipinski definition) is 3. The van der Waals surface area contributed by atoms with Crippen molar-refractivity contribution in [2.75, 3.05) is 5.32 Å². The van der Waals surface area contributed by atoms with Gasteiger partial charge >= 0.3 is 11.9 Å². The van der Waals surface area contributed by atoms with Crippen LogP contribution in [-0.2, 0) is 9.59 Å². The molecule has 0 bridgehead atoms. The van der Waals surface area contributed by atoms with Gasteiger partial charge in [0.15, 0.2) is 0 Å². The Labute approximate surface area is 121 Å². The Bertz CT molecular complexity index is 591. The van der Waals surface area contributed by atoms with Gasteiger partial charge in [-0.3, -0.25) is 9.59 Å². The van der Waals surface area contributed by atoms with Crippen molar-refractivity contribution < 1.29 is 24.6 Å². The second kappa shape index (κ2) is 6.21. The molecule has 0 spiro atoms. The summed E-state index contributed by atoms with van der Waals surface area (Å²) in [6.07, 6.45) is 4.29. The second-order valence-corrected chi connectivity index (χ2v) is 4.87. The molecule has 0 aromatic heterocycles. The third kappa shape index (κ3) is 3.47. The molecule has 1 aliphatic carbocycles. The Morgan fingerprint density at radius 1 is 0.952 bits per heavy atom. The summed E-state index contributed by atoms with van der Waals surface area (Å²) in [5.41, 5.74) is 0.570. The zero-order chi connectivity index (χ0) is 15.4. The second-order valence-electron chi connectivity index (χ2n) is 4.87. The molecule has 0 unspecified atom stereocenters. The van der Waals surface area contributed by atoms with Crippen LogP contribution in [0.15, 0.2) is 36.4 Å². The predicted octanol–water partition coefficient (Wildman–Crippen LogP) is 1.99. The molecular weight excluding hydrogens is 274 g/mol. The van der Waals surface area contributed by atoms with Crippen molar-refractivity contribution in [2.24, 2.45) is 11.8 Å². The lowest BCUT2D eigenvalue weighted by molar-refractivity contribution is -0.146. The number of nitrogens with one attached hydrogen (secondary N) is 1. The summed E-state index contributed by atoms with van der Waals surface area (Å²) in [6, 6.07) is 5.73. The standard InChI is InChI=1S/C15H15NO5/c17-13(11-3-1-2-4-12(11)15(20)21)16-10-7-5-9(6-8-10)14(18)19/h1-2,5-8,11-12H,3-4H2,(H,16,17)(H,18,19)(H,20,21)/t11-,12+/m0/s1. The minimum Gasteiger partial charge on any atom is -0.481 e. The van der Waals surface area contributed by atoms with E-state index in [0.717, 1.165) is 0 Å². The molecule has 0 saturated carbocycles. The van der Waals surface area contributed by atoms with E-state index in [4.69, 9.17) is 10.2 Å². The number of benzene rings is 1. The highest BCUT2D eigenvalue weighted by atomic mass is 16.4. The summed E-state index contributed by atoms with van der Waals surface area (Å²) in [6.45, 7) is 0. The van der Waals surface area contributed by atoms with Gasteiger partial charge in [-0.15, -0.1) is 0 Å². The quantitative estimate of drug-likeness (QED) is 0.735. The fraction of sp³-hybridized carbons (Fsp3) is 0.267. The molecule has 0 aliphatic heterocycles. The van der Waals surface area contributed by atoms with E-state index in [2.05, 4.69) is 5.32 Å². The number of amides is 1. The molecule has 3 N–H and O–H groups in total. The monoisotopic (exact) mass is 289 g/mol. The summed E-state index contributed by atoms with van der Waals surface area (Å²) in [5.74, 6) is -3.74. The highest BCUT2D eigenvalue weighted by molar-refractivity contribution is 5.96. The van der Waals surface area contributed by atoms with Gasteiger partial charge in [0.2, 0.25) is 5.91 Å². The fourth-order valence-electron chi connectivity index (χ4n) is 2.31. The molecule has 110 valence electrons. The summed E-state index contributed by atoms with van der Waals surface area (Å²) >= 11 is 0. The molecular formula is C15H15NO5. The van der Waals surface area contributed by atoms with Crippen molar-refractivity contribution in [2.45, 2.75) is 12.8 Å². The van der Waals surface area contributed by atoms with Crippen molar-refractivity contribution in [3.63, 3.8) is 0 Å². The van der Waals surface area contributed by atoms with Crippen LogP contribution in [0.1, 0.15) is 23.2 Å². The van der Waals surface area contributed by atoms with Crippen molar-refractivity contribution in [1.29, 1.82) is 0 Å². The predicted molar refractivity (Wildman–Crippen MR) is 75.0 cm³/mol. The number of aromatic carboxylic acids is 1. The molecule has 0 heterocycles. The van der Waals surface area contributed by atoms with Gasteiger partial charge in [-0.05, 0) is 37.1 Å². The van der Waals surface area contributed by atoms with E-state index in [1.165, 1.54) is 24.3 Å². The Hall–Kier alpha value is -2.63. The molecule has 2 rings (SSSR count). The number of aliphatic carboxylic acids is 1. The number of rotatable bonds is 4. The first-order valence-electron chi connectivity index (χ1n) is 6.51. The number of carboxylic acid groups (broad SMARTS) is 2. The SMILES string of the molecule is O=C(O)c1ccc(NC(=O)[C@H]2CC=CC[C@H]2C(=O)O)cc1. The van der Waals surface area contributed by atoms with Gasteiger partial charge in [0.25, 0.3) is 0 Å². The maximum Gasteiger partial charge on any atom is 0.335 e. The van der Waals surface area contributed by atoms with E-state index in [1.54, 1.807) is 12.2 Å². The van der Waals surface area contributed by atoms with Gasteiger partial charge in [-0.25, -0.2) is 4.79 Å². The Morgan fingerprint density at radius 2 is 1.52 bits per heavy atom. The fourth-order valence-corrected chi connectivity index (χ4v) is 2.31. The first kappa shape index (κ1) is 14.8. The molecule has 1 aliphatic rings. The lowest BCUT2D eigenvalue weighted by Gasteiger charge is -2.24. The van der Waals surface area contributed by atoms with E-state index in [1.807, 2.05) is 0 Å². The minimum absolute atomic E-state index is 0.122. The zero-order valence-electron chi connectivity index (χ0n) is 11.2. The van der Waals surface area contributed by atoms with Crippen LogP contribution < -0.4 is 5.32 Å². The van der Waals surface area contributed by atoms with Crippen molar-refractivity contribution in [3.05, 3.63) is 42.0 Å². The Morgan fingerprint density at radius 3 is 2.05 bits per heavy atom. The van der Waals surface area contributed by atoms with E-state index in [9.17, 15) is 14.4 Å². The van der Waals surface area contributed by atoms with Gasteiger partial charge < -0.3 is 15.5 Å². The van der Waals surface area contributed by atoms with Gasteiger partial charge in [-0.1, -0.05) is 12.2 Å². The van der Waals surface area contributed by atoms with E-state index >= 15 is 0 Å². The molecule has 0 fully saturated rings. The highest BCUT2D eigenvalue weighted by Gasteiger charge is 2.33. The van der Waals surface area contributed by atoms with Crippen LogP contribution in [0, 0.1) is 11.8 Å². The lowest BCUT2D eigenvalue weighted by Crippen LogP contribution is -2.34. The minimum atomic E-state index is -1.05. The summed E-state index contributed by atoms with van der Waals surface area (Å²) in [7, 11) is 0. The van der Waals surface area contributed by atoms with Crippen LogP contribution in [0.25, 0.3) is 0 Å². The number of allylic oxidation sites excluding steroid dienone is 2. The van der Waals surface area contributed by atoms with Crippen molar-refractivity contribution in [1.82, 2.24) is 0 Å². The maximum absolute atomic E-state index is 12.2. The summed E-state index contributed by atoms with van der Waals surface area (Å²) < 4.78 is 0. The highest BCUT2D eigenvalue weighted by Crippen LogP contribution is 2.27. The Kier molecular flexibility index (Phi) is 4.37. The molecule has 6 nitrogen and oxygen atoms in total. The molecule has 2 atom stereocenters. The number of carbonyl (C=O) groups is 3. The number of carboxylic acids is 2. The van der Waals surface area contributed by atoms with Crippen LogP contribution in [0.2, 0.25) is 0 Å². The first-order chi connectivity index (χ1) is 9.99. The topological polar surface area (TPSA) is 104 Å². The summed E-state index contributed by atoms with van der Waals surface area (Å²) in [4.78, 5) is 34.1. The average Bonchev–Trinajstić information content (AvgIpc) is 2.47. The van der Waals surface area contributed by atoms with Crippen LogP contribution in [0.5, 0.6) is 0 Å². The van der Waals surface area contributed by atoms with Crippen LogP contribution in [-0.4, -0.2) is 28.1 Å².